The van der Waals surface area contributed by atoms with Gasteiger partial charge in [0.25, 0.3) is 0 Å². The summed E-state index contributed by atoms with van der Waals surface area (Å²) in [6.45, 7) is 3.24. The Morgan fingerprint density at radius 2 is 1.87 bits per heavy atom. The standard InChI is InChI=1S/C23H22F3NO3/c1-14-7-5-6-12-27(14)13-17-18(28)11-10-16-20(29)19(15-8-3-2-4-9-15)22(23(24,25)26)30-21(16)17/h2-4,8-11,14,28H,5-7,12-13H2,1H3/p+1/t14-/m1/s1. The van der Waals surface area contributed by atoms with Gasteiger partial charge in [-0.2, -0.15) is 13.2 Å². The Hall–Kier alpha value is -2.80. The van der Waals surface area contributed by atoms with E-state index in [1.807, 2.05) is 0 Å². The summed E-state index contributed by atoms with van der Waals surface area (Å²) in [6, 6.07) is 10.7. The van der Waals surface area contributed by atoms with E-state index in [9.17, 15) is 23.1 Å². The Morgan fingerprint density at radius 3 is 2.53 bits per heavy atom. The first-order valence-corrected chi connectivity index (χ1v) is 10.1. The first kappa shape index (κ1) is 20.5. The molecule has 2 N–H and O–H groups in total. The van der Waals surface area contributed by atoms with Gasteiger partial charge in [-0.15, -0.1) is 0 Å². The molecule has 30 heavy (non-hydrogen) atoms. The fraction of sp³-hybridized carbons (Fsp3) is 0.348. The molecule has 1 saturated heterocycles. The third-order valence-corrected chi connectivity index (χ3v) is 5.94. The number of alkyl halides is 3. The SMILES string of the molecule is C[C@@H]1CCCC[NH+]1Cc1c(O)ccc2c(=O)c(-c3ccccc3)c(C(F)(F)F)oc12. The molecule has 0 saturated carbocycles. The van der Waals surface area contributed by atoms with Gasteiger partial charge in [-0.05, 0) is 43.9 Å². The largest absolute Gasteiger partial charge is 0.507 e. The summed E-state index contributed by atoms with van der Waals surface area (Å²) in [5, 5.41) is 10.5. The number of nitrogens with one attached hydrogen (secondary N) is 1. The van der Waals surface area contributed by atoms with E-state index >= 15 is 0 Å². The quantitative estimate of drug-likeness (QED) is 0.672. The number of rotatable bonds is 3. The minimum Gasteiger partial charge on any atom is -0.507 e. The Balaban J connectivity index is 1.96. The zero-order valence-electron chi connectivity index (χ0n) is 16.6. The Morgan fingerprint density at radius 1 is 1.13 bits per heavy atom. The van der Waals surface area contributed by atoms with Gasteiger partial charge in [0.1, 0.15) is 12.3 Å². The molecular weight excluding hydrogens is 395 g/mol. The van der Waals surface area contributed by atoms with Crippen molar-refractivity contribution in [3.8, 4) is 16.9 Å². The van der Waals surface area contributed by atoms with E-state index in [0.29, 0.717) is 12.6 Å². The van der Waals surface area contributed by atoms with Crippen LogP contribution in [0.1, 0.15) is 37.5 Å². The van der Waals surface area contributed by atoms with Crippen LogP contribution in [-0.2, 0) is 12.7 Å². The molecule has 4 nitrogen and oxygen atoms in total. The molecule has 1 aliphatic rings. The molecular formula is C23H23F3NO3+. The number of hydrogen-bond acceptors (Lipinski definition) is 3. The first-order valence-electron chi connectivity index (χ1n) is 10.1. The second-order valence-corrected chi connectivity index (χ2v) is 7.92. The minimum atomic E-state index is -4.85. The van der Waals surface area contributed by atoms with E-state index in [0.717, 1.165) is 30.7 Å². The van der Waals surface area contributed by atoms with Gasteiger partial charge in [0.2, 0.25) is 11.2 Å². The van der Waals surface area contributed by atoms with Crippen LogP contribution < -0.4 is 10.3 Å². The lowest BCUT2D eigenvalue weighted by Gasteiger charge is -2.30. The molecule has 2 heterocycles. The predicted octanol–water partition coefficient (Wildman–Crippen LogP) is 4.14. The van der Waals surface area contributed by atoms with Crippen molar-refractivity contribution in [2.45, 2.75) is 44.9 Å². The van der Waals surface area contributed by atoms with Gasteiger partial charge in [-0.3, -0.25) is 4.79 Å². The number of hydrogen-bond donors (Lipinski definition) is 2. The molecule has 1 aromatic heterocycles. The average Bonchev–Trinajstić information content (AvgIpc) is 2.71. The highest BCUT2D eigenvalue weighted by atomic mass is 19.4. The van der Waals surface area contributed by atoms with E-state index in [2.05, 4.69) is 6.92 Å². The van der Waals surface area contributed by atoms with Crippen LogP contribution in [0.3, 0.4) is 0 Å². The molecule has 0 amide bonds. The van der Waals surface area contributed by atoms with Gasteiger partial charge >= 0.3 is 6.18 Å². The van der Waals surface area contributed by atoms with E-state index in [4.69, 9.17) is 4.42 Å². The molecule has 2 atom stereocenters. The van der Waals surface area contributed by atoms with E-state index in [1.165, 1.54) is 24.3 Å². The molecule has 7 heteroatoms. The Labute approximate surface area is 171 Å². The van der Waals surface area contributed by atoms with Gasteiger partial charge in [0, 0.05) is 0 Å². The van der Waals surface area contributed by atoms with E-state index in [-0.39, 0.29) is 27.8 Å². The lowest BCUT2D eigenvalue weighted by atomic mass is 9.99. The second-order valence-electron chi connectivity index (χ2n) is 7.92. The number of aromatic hydroxyl groups is 1. The van der Waals surface area contributed by atoms with Crippen LogP contribution in [0, 0.1) is 0 Å². The normalized spacial score (nSPS) is 19.9. The molecule has 3 aromatic rings. The number of benzene rings is 2. The van der Waals surface area contributed by atoms with Crippen molar-refractivity contribution in [2.75, 3.05) is 6.54 Å². The number of phenols is 1. The number of halogens is 3. The van der Waals surface area contributed by atoms with Gasteiger partial charge in [0.15, 0.2) is 5.58 Å². The molecule has 1 unspecified atom stereocenters. The monoisotopic (exact) mass is 418 g/mol. The van der Waals surface area contributed by atoms with Crippen LogP contribution in [0.15, 0.2) is 51.7 Å². The third kappa shape index (κ3) is 3.69. The maximum absolute atomic E-state index is 13.9. The lowest BCUT2D eigenvalue weighted by Crippen LogP contribution is -3.14. The van der Waals surface area contributed by atoms with E-state index < -0.39 is 22.9 Å². The maximum Gasteiger partial charge on any atom is 0.450 e. The predicted molar refractivity (Wildman–Crippen MR) is 107 cm³/mol. The highest BCUT2D eigenvalue weighted by Gasteiger charge is 2.40. The van der Waals surface area contributed by atoms with E-state index in [1.54, 1.807) is 18.2 Å². The van der Waals surface area contributed by atoms with Gasteiger partial charge in [-0.25, -0.2) is 0 Å². The van der Waals surface area contributed by atoms with Crippen LogP contribution in [-0.4, -0.2) is 17.7 Å². The number of fused-ring (bicyclic) bond motifs is 1. The van der Waals surface area contributed by atoms with Gasteiger partial charge in [-0.1, -0.05) is 30.3 Å². The molecule has 1 aliphatic heterocycles. The topological polar surface area (TPSA) is 54.9 Å². The molecule has 158 valence electrons. The van der Waals surface area contributed by atoms with Crippen LogP contribution in [0.5, 0.6) is 5.75 Å². The summed E-state index contributed by atoms with van der Waals surface area (Å²) in [4.78, 5) is 14.3. The molecule has 0 radical (unpaired) electrons. The number of quaternary nitrogens is 1. The number of phenolic OH excluding ortho intramolecular Hbond substituents is 1. The summed E-state index contributed by atoms with van der Waals surface area (Å²) in [5.74, 6) is -1.49. The average molecular weight is 418 g/mol. The zero-order valence-corrected chi connectivity index (χ0v) is 16.6. The number of piperidine rings is 1. The van der Waals surface area contributed by atoms with Gasteiger partial charge in [0.05, 0.1) is 29.1 Å². The van der Waals surface area contributed by atoms with Crippen LogP contribution in [0.2, 0.25) is 0 Å². The molecule has 0 spiro atoms. The Kier molecular flexibility index (Phi) is 5.32. The number of likely N-dealkylation sites (tertiary alicyclic amines) is 1. The van der Waals surface area contributed by atoms with Crippen molar-refractivity contribution < 1.29 is 27.6 Å². The van der Waals surface area contributed by atoms with Crippen LogP contribution in [0.25, 0.3) is 22.1 Å². The van der Waals surface area contributed by atoms with Gasteiger partial charge < -0.3 is 14.4 Å². The highest BCUT2D eigenvalue weighted by molar-refractivity contribution is 5.86. The summed E-state index contributed by atoms with van der Waals surface area (Å²) < 4.78 is 47.1. The summed E-state index contributed by atoms with van der Waals surface area (Å²) >= 11 is 0. The molecule has 0 bridgehead atoms. The molecule has 1 fully saturated rings. The van der Waals surface area contributed by atoms with Crippen molar-refractivity contribution >= 4 is 11.0 Å². The van der Waals surface area contributed by atoms with Crippen molar-refractivity contribution in [2.24, 2.45) is 0 Å². The summed E-state index contributed by atoms with van der Waals surface area (Å²) in [6.07, 6.45) is -1.72. The zero-order chi connectivity index (χ0) is 21.5. The van der Waals surface area contributed by atoms with Crippen LogP contribution >= 0.6 is 0 Å². The fourth-order valence-corrected chi connectivity index (χ4v) is 4.28. The van der Waals surface area contributed by atoms with Crippen molar-refractivity contribution in [3.63, 3.8) is 0 Å². The lowest BCUT2D eigenvalue weighted by molar-refractivity contribution is -0.941. The third-order valence-electron chi connectivity index (χ3n) is 5.94. The first-order chi connectivity index (χ1) is 14.3. The highest BCUT2D eigenvalue weighted by Crippen LogP contribution is 2.38. The Bertz CT molecular complexity index is 1120. The van der Waals surface area contributed by atoms with Crippen LogP contribution in [0.4, 0.5) is 13.2 Å². The van der Waals surface area contributed by atoms with Crippen molar-refractivity contribution in [1.82, 2.24) is 0 Å². The minimum absolute atomic E-state index is 0.0405. The maximum atomic E-state index is 13.9. The smallest absolute Gasteiger partial charge is 0.450 e. The second kappa shape index (κ2) is 7.80. The molecule has 2 aromatic carbocycles. The molecule has 0 aliphatic carbocycles. The fourth-order valence-electron chi connectivity index (χ4n) is 4.28. The summed E-state index contributed by atoms with van der Waals surface area (Å²) in [5.41, 5.74) is -1.05. The van der Waals surface area contributed by atoms with Crippen molar-refractivity contribution in [1.29, 1.82) is 0 Å². The summed E-state index contributed by atoms with van der Waals surface area (Å²) in [7, 11) is 0. The molecule has 4 rings (SSSR count). The van der Waals surface area contributed by atoms with Crippen molar-refractivity contribution in [3.05, 3.63) is 64.0 Å².